The van der Waals surface area contributed by atoms with Gasteiger partial charge in [-0.1, -0.05) is 6.07 Å². The van der Waals surface area contributed by atoms with Crippen LogP contribution in [0.4, 0.5) is 16.2 Å². The molecule has 2 unspecified atom stereocenters. The van der Waals surface area contributed by atoms with E-state index in [0.717, 1.165) is 37.8 Å². The lowest BCUT2D eigenvalue weighted by Crippen LogP contribution is -2.27. The lowest BCUT2D eigenvalue weighted by molar-refractivity contribution is -0.118. The number of carbonyl (C=O) groups is 2. The van der Waals surface area contributed by atoms with Crippen molar-refractivity contribution in [2.75, 3.05) is 10.6 Å². The average Bonchev–Trinajstić information content (AvgIpc) is 3.23. The number of ether oxygens (including phenoxy) is 1. The highest BCUT2D eigenvalue weighted by Crippen LogP contribution is 2.65. The zero-order valence-corrected chi connectivity index (χ0v) is 19.0. The molecule has 0 bridgehead atoms. The van der Waals surface area contributed by atoms with Gasteiger partial charge in [-0.25, -0.2) is 4.79 Å². The molecule has 7 nitrogen and oxygen atoms in total. The highest BCUT2D eigenvalue weighted by molar-refractivity contribution is 14.1. The minimum Gasteiger partial charge on any atom is -0.444 e. The van der Waals surface area contributed by atoms with Crippen molar-refractivity contribution in [2.24, 2.45) is 0 Å². The number of halogens is 1. The number of hydrogen-bond acceptors (Lipinski definition) is 4. The second kappa shape index (κ2) is 6.44. The first kappa shape index (κ1) is 19.3. The maximum atomic E-state index is 12.9. The molecule has 8 heteroatoms. The Labute approximate surface area is 187 Å². The summed E-state index contributed by atoms with van der Waals surface area (Å²) in [5.74, 6) is 0.0945. The molecular formula is C22H21IN4O3. The smallest absolute Gasteiger partial charge is 0.412 e. The van der Waals surface area contributed by atoms with E-state index in [4.69, 9.17) is 4.74 Å². The lowest BCUT2D eigenvalue weighted by Gasteiger charge is -2.20. The van der Waals surface area contributed by atoms with Crippen molar-refractivity contribution < 1.29 is 14.3 Å². The maximum Gasteiger partial charge on any atom is 0.412 e. The van der Waals surface area contributed by atoms with Gasteiger partial charge in [-0.05, 0) is 91.2 Å². The van der Waals surface area contributed by atoms with E-state index in [1.165, 1.54) is 0 Å². The standard InChI is InChI=1S/C22H21IN4O3/c1-21(2,3)30-20(29)24-12-5-7-16-14(9-12)22(19(28)25-16)10-15(22)11-4-6-13-17(8-11)26-27-18(13)23/h4-9,15H,10H2,1-3H3,(H,24,29)(H,25,28)(H,26,27). The molecule has 0 radical (unpaired) electrons. The predicted molar refractivity (Wildman–Crippen MR) is 123 cm³/mol. The fraction of sp³-hybridized carbons (Fsp3) is 0.318. The van der Waals surface area contributed by atoms with Crippen LogP contribution >= 0.6 is 22.6 Å². The van der Waals surface area contributed by atoms with Gasteiger partial charge in [-0.2, -0.15) is 5.10 Å². The number of nitrogens with one attached hydrogen (secondary N) is 3. The van der Waals surface area contributed by atoms with E-state index >= 15 is 0 Å². The summed E-state index contributed by atoms with van der Waals surface area (Å²) >= 11 is 2.20. The summed E-state index contributed by atoms with van der Waals surface area (Å²) in [5.41, 5.74) is 3.24. The topological polar surface area (TPSA) is 96.1 Å². The third kappa shape index (κ3) is 3.05. The lowest BCUT2D eigenvalue weighted by atomic mass is 9.91. The van der Waals surface area contributed by atoms with E-state index in [-0.39, 0.29) is 11.8 Å². The monoisotopic (exact) mass is 516 g/mol. The van der Waals surface area contributed by atoms with Crippen molar-refractivity contribution in [2.45, 2.75) is 44.1 Å². The fourth-order valence-electron chi connectivity index (χ4n) is 4.31. The molecule has 1 fully saturated rings. The molecule has 0 saturated heterocycles. The fourth-order valence-corrected chi connectivity index (χ4v) is 4.90. The van der Waals surface area contributed by atoms with E-state index in [0.29, 0.717) is 5.69 Å². The quantitative estimate of drug-likeness (QED) is 0.423. The number of hydrogen-bond donors (Lipinski definition) is 3. The van der Waals surface area contributed by atoms with Crippen LogP contribution in [0, 0.1) is 3.70 Å². The highest BCUT2D eigenvalue weighted by Gasteiger charge is 2.65. The highest BCUT2D eigenvalue weighted by atomic mass is 127. The Balaban J connectivity index is 1.45. The number of benzene rings is 2. The third-order valence-corrected chi connectivity index (χ3v) is 6.52. The molecule has 2 heterocycles. The normalized spacial score (nSPS) is 22.1. The van der Waals surface area contributed by atoms with Gasteiger partial charge < -0.3 is 10.1 Å². The van der Waals surface area contributed by atoms with Crippen LogP contribution in [0.15, 0.2) is 36.4 Å². The van der Waals surface area contributed by atoms with Gasteiger partial charge >= 0.3 is 6.09 Å². The van der Waals surface area contributed by atoms with Crippen LogP contribution in [0.25, 0.3) is 10.9 Å². The van der Waals surface area contributed by atoms with Crippen LogP contribution in [0.2, 0.25) is 0 Å². The van der Waals surface area contributed by atoms with Crippen molar-refractivity contribution in [3.05, 3.63) is 51.2 Å². The first-order valence-corrected chi connectivity index (χ1v) is 10.8. The number of rotatable bonds is 2. The van der Waals surface area contributed by atoms with E-state index in [1.807, 2.05) is 32.9 Å². The number of aromatic amines is 1. The SMILES string of the molecule is CC(C)(C)OC(=O)Nc1ccc2c(c1)C1(CC1c1ccc3c(I)n[nH]c3c1)C(=O)N2. The molecule has 2 aliphatic rings. The summed E-state index contributed by atoms with van der Waals surface area (Å²) in [4.78, 5) is 25.1. The minimum atomic E-state index is -0.595. The van der Waals surface area contributed by atoms with Gasteiger partial charge in [0.25, 0.3) is 0 Å². The summed E-state index contributed by atoms with van der Waals surface area (Å²) in [5, 5.41) is 14.2. The zero-order valence-electron chi connectivity index (χ0n) is 16.8. The molecule has 3 N–H and O–H groups in total. The number of carbonyl (C=O) groups excluding carboxylic acids is 2. The maximum absolute atomic E-state index is 12.9. The van der Waals surface area contributed by atoms with E-state index in [2.05, 4.69) is 61.6 Å². The average molecular weight is 516 g/mol. The Morgan fingerprint density at radius 2 is 2.07 bits per heavy atom. The number of amides is 2. The number of fused-ring (bicyclic) bond motifs is 3. The molecular weight excluding hydrogens is 495 g/mol. The predicted octanol–water partition coefficient (Wildman–Crippen LogP) is 4.89. The largest absolute Gasteiger partial charge is 0.444 e. The molecule has 2 aromatic carbocycles. The van der Waals surface area contributed by atoms with Crippen molar-refractivity contribution in [3.8, 4) is 0 Å². The summed E-state index contributed by atoms with van der Waals surface area (Å²) in [6.45, 7) is 5.46. The summed E-state index contributed by atoms with van der Waals surface area (Å²) in [7, 11) is 0. The molecule has 3 aromatic rings. The molecule has 154 valence electrons. The van der Waals surface area contributed by atoms with Gasteiger partial charge in [0.15, 0.2) is 0 Å². The van der Waals surface area contributed by atoms with Crippen LogP contribution in [-0.4, -0.2) is 27.8 Å². The first-order valence-electron chi connectivity index (χ1n) is 9.77. The first-order chi connectivity index (χ1) is 14.2. The van der Waals surface area contributed by atoms with Crippen LogP contribution in [0.3, 0.4) is 0 Å². The van der Waals surface area contributed by atoms with Gasteiger partial charge in [-0.3, -0.25) is 15.2 Å². The molecule has 1 aromatic heterocycles. The Bertz CT molecular complexity index is 1210. The molecule has 5 rings (SSSR count). The number of nitrogens with zero attached hydrogens (tertiary/aromatic N) is 1. The number of anilines is 2. The van der Waals surface area contributed by atoms with Gasteiger partial charge in [0, 0.05) is 22.7 Å². The Hall–Kier alpha value is -2.62. The van der Waals surface area contributed by atoms with Crippen LogP contribution in [-0.2, 0) is 14.9 Å². The van der Waals surface area contributed by atoms with Gasteiger partial charge in [0.05, 0.1) is 10.9 Å². The van der Waals surface area contributed by atoms with Crippen molar-refractivity contribution in [1.82, 2.24) is 10.2 Å². The summed E-state index contributed by atoms with van der Waals surface area (Å²) < 4.78 is 6.27. The minimum absolute atomic E-state index is 0.0104. The Morgan fingerprint density at radius 1 is 1.27 bits per heavy atom. The van der Waals surface area contributed by atoms with Crippen LogP contribution in [0.5, 0.6) is 0 Å². The van der Waals surface area contributed by atoms with Crippen LogP contribution < -0.4 is 10.6 Å². The number of aromatic nitrogens is 2. The molecule has 1 aliphatic heterocycles. The molecule has 30 heavy (non-hydrogen) atoms. The summed E-state index contributed by atoms with van der Waals surface area (Å²) in [6.07, 6.45) is 0.221. The van der Waals surface area contributed by atoms with Crippen molar-refractivity contribution in [1.29, 1.82) is 0 Å². The van der Waals surface area contributed by atoms with Crippen molar-refractivity contribution in [3.63, 3.8) is 0 Å². The molecule has 1 spiro atoms. The van der Waals surface area contributed by atoms with E-state index in [9.17, 15) is 9.59 Å². The van der Waals surface area contributed by atoms with E-state index in [1.54, 1.807) is 6.07 Å². The van der Waals surface area contributed by atoms with Gasteiger partial charge in [-0.15, -0.1) is 0 Å². The Kier molecular flexibility index (Phi) is 4.15. The Morgan fingerprint density at radius 3 is 2.83 bits per heavy atom. The number of H-pyrrole nitrogens is 1. The van der Waals surface area contributed by atoms with Crippen molar-refractivity contribution >= 4 is 56.9 Å². The second-order valence-corrected chi connectivity index (χ2v) is 9.91. The molecule has 1 aliphatic carbocycles. The van der Waals surface area contributed by atoms with Gasteiger partial charge in [0.2, 0.25) is 5.91 Å². The van der Waals surface area contributed by atoms with Crippen LogP contribution in [0.1, 0.15) is 44.2 Å². The summed E-state index contributed by atoms with van der Waals surface area (Å²) in [6, 6.07) is 11.7. The molecule has 1 saturated carbocycles. The molecule has 2 atom stereocenters. The van der Waals surface area contributed by atoms with Gasteiger partial charge in [0.1, 0.15) is 9.30 Å². The second-order valence-electron chi connectivity index (χ2n) is 8.89. The van der Waals surface area contributed by atoms with E-state index < -0.39 is 17.1 Å². The molecule has 2 amide bonds. The zero-order chi connectivity index (χ0) is 21.3. The third-order valence-electron chi connectivity index (χ3n) is 5.70.